The molecule has 0 amide bonds. The zero-order valence-corrected chi connectivity index (χ0v) is 10.1. The van der Waals surface area contributed by atoms with Crippen molar-refractivity contribution in [3.63, 3.8) is 0 Å². The normalized spacial score (nSPS) is 10.9. The first kappa shape index (κ1) is 12.8. The van der Waals surface area contributed by atoms with Gasteiger partial charge in [0.1, 0.15) is 0 Å². The van der Waals surface area contributed by atoms with E-state index in [0.29, 0.717) is 0 Å². The van der Waals surface area contributed by atoms with Gasteiger partial charge in [0.05, 0.1) is 5.69 Å². The molecule has 0 N–H and O–H groups in total. The Labute approximate surface area is 102 Å². The van der Waals surface area contributed by atoms with Gasteiger partial charge in [0.15, 0.2) is 0 Å². The van der Waals surface area contributed by atoms with E-state index in [9.17, 15) is 0 Å². The lowest BCUT2D eigenvalue weighted by Crippen LogP contribution is -1.91. The molecule has 17 heavy (non-hydrogen) atoms. The van der Waals surface area contributed by atoms with Gasteiger partial charge in [0.25, 0.3) is 0 Å². The molecule has 0 heterocycles. The first-order valence-corrected chi connectivity index (χ1v) is 5.33. The number of hydrogen-bond donors (Lipinski definition) is 0. The third kappa shape index (κ3) is 2.88. The van der Waals surface area contributed by atoms with Crippen LogP contribution in [0.5, 0.6) is 0 Å². The predicted molar refractivity (Wildman–Crippen MR) is 78.2 cm³/mol. The second-order valence-corrected chi connectivity index (χ2v) is 3.26. The summed E-state index contributed by atoms with van der Waals surface area (Å²) >= 11 is 0. The van der Waals surface area contributed by atoms with Gasteiger partial charge in [-0.25, -0.2) is 0 Å². The van der Waals surface area contributed by atoms with E-state index in [1.807, 2.05) is 19.1 Å². The van der Waals surface area contributed by atoms with Crippen LogP contribution in [0.3, 0.4) is 0 Å². The van der Waals surface area contributed by atoms with E-state index in [2.05, 4.69) is 29.7 Å². The van der Waals surface area contributed by atoms with Crippen molar-refractivity contribution in [2.75, 3.05) is 0 Å². The summed E-state index contributed by atoms with van der Waals surface area (Å²) in [6.07, 6.45) is 8.54. The topological polar surface area (TPSA) is 24.7 Å². The highest BCUT2D eigenvalue weighted by molar-refractivity contribution is 5.95. The molecule has 86 valence electrons. The van der Waals surface area contributed by atoms with Crippen LogP contribution < -0.4 is 0 Å². The van der Waals surface area contributed by atoms with E-state index in [1.165, 1.54) is 6.20 Å². The lowest BCUT2D eigenvalue weighted by atomic mass is 10.0. The molecule has 2 heteroatoms. The van der Waals surface area contributed by atoms with Crippen molar-refractivity contribution >= 4 is 30.3 Å². The number of aliphatic imine (C=N–C) groups is 2. The number of benzene rings is 1. The molecule has 1 rings (SSSR count). The second-order valence-electron chi connectivity index (χ2n) is 3.26. The molecule has 0 bridgehead atoms. The van der Waals surface area contributed by atoms with E-state index in [-0.39, 0.29) is 0 Å². The van der Waals surface area contributed by atoms with Crippen LogP contribution in [0.15, 0.2) is 48.1 Å². The Hall–Kier alpha value is -2.22. The Bertz CT molecular complexity index is 494. The fourth-order valence-electron chi connectivity index (χ4n) is 1.52. The lowest BCUT2D eigenvalue weighted by molar-refractivity contribution is 1.46. The molecule has 2 nitrogen and oxygen atoms in total. The zero-order valence-electron chi connectivity index (χ0n) is 10.1. The summed E-state index contributed by atoms with van der Waals surface area (Å²) in [5.41, 5.74) is 3.74. The minimum Gasteiger partial charge on any atom is -0.265 e. The Kier molecular flexibility index (Phi) is 4.82. The Morgan fingerprint density at radius 3 is 2.24 bits per heavy atom. The Morgan fingerprint density at radius 2 is 1.71 bits per heavy atom. The first-order chi connectivity index (χ1) is 8.28. The van der Waals surface area contributed by atoms with E-state index in [4.69, 9.17) is 0 Å². The average molecular weight is 224 g/mol. The highest BCUT2D eigenvalue weighted by Gasteiger charge is 2.07. The van der Waals surface area contributed by atoms with E-state index in [1.54, 1.807) is 24.6 Å². The van der Waals surface area contributed by atoms with E-state index < -0.39 is 0 Å². The van der Waals surface area contributed by atoms with Crippen LogP contribution in [-0.4, -0.2) is 12.4 Å². The van der Waals surface area contributed by atoms with Crippen LogP contribution in [0.2, 0.25) is 0 Å². The maximum atomic E-state index is 4.37. The third-order valence-corrected chi connectivity index (χ3v) is 2.29. The quantitative estimate of drug-likeness (QED) is 0.668. The lowest BCUT2D eigenvalue weighted by Gasteiger charge is -2.08. The molecule has 0 saturated carbocycles. The largest absolute Gasteiger partial charge is 0.265 e. The summed E-state index contributed by atoms with van der Waals surface area (Å²) in [5, 5.41) is 0. The molecule has 0 unspecified atom stereocenters. The van der Waals surface area contributed by atoms with Gasteiger partial charge in [0, 0.05) is 29.8 Å². The van der Waals surface area contributed by atoms with Gasteiger partial charge in [-0.15, -0.1) is 0 Å². The molecular formula is C15H16N2. The zero-order chi connectivity index (χ0) is 12.7. The monoisotopic (exact) mass is 224 g/mol. The van der Waals surface area contributed by atoms with E-state index >= 15 is 0 Å². The number of nitrogens with zero attached hydrogens (tertiary/aromatic N) is 2. The summed E-state index contributed by atoms with van der Waals surface area (Å²) in [5.74, 6) is 0. The van der Waals surface area contributed by atoms with Crippen LogP contribution in [0.25, 0.3) is 12.2 Å². The van der Waals surface area contributed by atoms with Crippen LogP contribution in [-0.2, 0) is 0 Å². The van der Waals surface area contributed by atoms with Crippen LogP contribution >= 0.6 is 0 Å². The number of hydrogen-bond acceptors (Lipinski definition) is 2. The minimum atomic E-state index is 0.852. The Balaban J connectivity index is 3.56. The molecule has 0 saturated heterocycles. The van der Waals surface area contributed by atoms with Gasteiger partial charge in [-0.2, -0.15) is 0 Å². The smallest absolute Gasteiger partial charge is 0.0791 e. The van der Waals surface area contributed by atoms with Gasteiger partial charge < -0.3 is 0 Å². The minimum absolute atomic E-state index is 0.852. The second kappa shape index (κ2) is 6.38. The van der Waals surface area contributed by atoms with Crippen molar-refractivity contribution in [2.24, 2.45) is 9.98 Å². The Morgan fingerprint density at radius 1 is 1.06 bits per heavy atom. The standard InChI is InChI=1S/C15H16N2/c1-5-12-9-10-13(6-2)15(17-8-4)14(12)11-16-7-3/h5-11H,1-3H2,4H3. The van der Waals surface area contributed by atoms with Crippen LogP contribution in [0.4, 0.5) is 5.69 Å². The van der Waals surface area contributed by atoms with Crippen molar-refractivity contribution in [3.8, 4) is 0 Å². The maximum Gasteiger partial charge on any atom is 0.0791 e. The van der Waals surface area contributed by atoms with Crippen LogP contribution in [0, 0.1) is 0 Å². The summed E-state index contributed by atoms with van der Waals surface area (Å²) < 4.78 is 0. The molecule has 0 aliphatic heterocycles. The van der Waals surface area contributed by atoms with Gasteiger partial charge in [-0.1, -0.05) is 44.0 Å². The molecule has 0 atom stereocenters. The SMILES string of the molecule is C=CN=Cc1c(C=C)ccc(C=C)c1N=CC. The molecule has 0 aliphatic rings. The summed E-state index contributed by atoms with van der Waals surface area (Å²) in [7, 11) is 0. The van der Waals surface area contributed by atoms with Gasteiger partial charge in [-0.05, 0) is 12.5 Å². The van der Waals surface area contributed by atoms with Gasteiger partial charge in [-0.3, -0.25) is 9.98 Å². The molecule has 1 aromatic rings. The average Bonchev–Trinajstić information content (AvgIpc) is 2.37. The molecule has 0 fully saturated rings. The van der Waals surface area contributed by atoms with Crippen molar-refractivity contribution < 1.29 is 0 Å². The molecule has 0 spiro atoms. The highest BCUT2D eigenvalue weighted by Crippen LogP contribution is 2.28. The molecule has 0 radical (unpaired) electrons. The maximum absolute atomic E-state index is 4.37. The fourth-order valence-corrected chi connectivity index (χ4v) is 1.52. The van der Waals surface area contributed by atoms with Crippen LogP contribution in [0.1, 0.15) is 23.6 Å². The highest BCUT2D eigenvalue weighted by atomic mass is 14.7. The van der Waals surface area contributed by atoms with Crippen molar-refractivity contribution in [1.82, 2.24) is 0 Å². The number of rotatable bonds is 5. The first-order valence-electron chi connectivity index (χ1n) is 5.33. The van der Waals surface area contributed by atoms with Crippen molar-refractivity contribution in [3.05, 3.63) is 54.8 Å². The summed E-state index contributed by atoms with van der Waals surface area (Å²) in [6, 6.07) is 3.95. The van der Waals surface area contributed by atoms with Crippen molar-refractivity contribution in [2.45, 2.75) is 6.92 Å². The summed E-state index contributed by atoms with van der Waals surface area (Å²) in [4.78, 5) is 8.42. The predicted octanol–water partition coefficient (Wildman–Crippen LogP) is 4.26. The van der Waals surface area contributed by atoms with Gasteiger partial charge in [0.2, 0.25) is 0 Å². The molecule has 0 aliphatic carbocycles. The molecule has 1 aromatic carbocycles. The van der Waals surface area contributed by atoms with Gasteiger partial charge >= 0.3 is 0 Å². The summed E-state index contributed by atoms with van der Waals surface area (Å²) in [6.45, 7) is 13.0. The third-order valence-electron chi connectivity index (χ3n) is 2.29. The molecule has 0 aromatic heterocycles. The van der Waals surface area contributed by atoms with Crippen molar-refractivity contribution in [1.29, 1.82) is 0 Å². The fraction of sp³-hybridized carbons (Fsp3) is 0.0667. The van der Waals surface area contributed by atoms with E-state index in [0.717, 1.165) is 22.4 Å². The molecular weight excluding hydrogens is 208 g/mol.